The number of aromatic nitrogens is 1. The molecule has 0 bridgehead atoms. The Hall–Kier alpha value is -2.28. The van der Waals surface area contributed by atoms with Gasteiger partial charge in [0.15, 0.2) is 0 Å². The highest BCUT2D eigenvalue weighted by atomic mass is 32.1. The van der Waals surface area contributed by atoms with E-state index in [1.54, 1.807) is 11.4 Å². The van der Waals surface area contributed by atoms with E-state index in [1.165, 1.54) is 35.8 Å². The number of esters is 1. The number of hydrogen-bond acceptors (Lipinski definition) is 6. The zero-order valence-electron chi connectivity index (χ0n) is 9.11. The van der Waals surface area contributed by atoms with E-state index in [4.69, 9.17) is 4.74 Å². The molecule has 0 amide bonds. The van der Waals surface area contributed by atoms with Gasteiger partial charge in [0.25, 0.3) is 5.69 Å². The van der Waals surface area contributed by atoms with Gasteiger partial charge < -0.3 is 4.74 Å². The smallest absolute Gasteiger partial charge is 0.317 e. The largest absolute Gasteiger partial charge is 0.426 e. The van der Waals surface area contributed by atoms with Gasteiger partial charge in [0.1, 0.15) is 5.75 Å². The number of ether oxygens (including phenoxy) is 1. The molecule has 0 radical (unpaired) electrons. The van der Waals surface area contributed by atoms with Crippen LogP contribution in [0.4, 0.5) is 5.69 Å². The summed E-state index contributed by atoms with van der Waals surface area (Å²) in [6, 6.07) is 7.08. The van der Waals surface area contributed by atoms with E-state index >= 15 is 0 Å². The minimum Gasteiger partial charge on any atom is -0.426 e. The number of nitro benzene ring substituents is 1. The minimum atomic E-state index is -0.513. The molecule has 0 atom stereocenters. The number of nitrogens with zero attached hydrogens (tertiary/aromatic N) is 2. The first-order chi connectivity index (χ1) is 8.65. The molecule has 0 saturated carbocycles. The van der Waals surface area contributed by atoms with E-state index in [-0.39, 0.29) is 17.9 Å². The first-order valence-corrected chi connectivity index (χ1v) is 5.83. The van der Waals surface area contributed by atoms with Crippen LogP contribution in [0.1, 0.15) is 5.69 Å². The van der Waals surface area contributed by atoms with E-state index < -0.39 is 10.9 Å². The van der Waals surface area contributed by atoms with Crippen molar-refractivity contribution in [2.75, 3.05) is 0 Å². The molecular formula is C11H8N2O4S. The predicted molar refractivity (Wildman–Crippen MR) is 64.5 cm³/mol. The van der Waals surface area contributed by atoms with E-state index in [0.717, 1.165) is 0 Å². The molecule has 0 spiro atoms. The molecule has 1 heterocycles. The van der Waals surface area contributed by atoms with Gasteiger partial charge >= 0.3 is 5.97 Å². The minimum absolute atomic E-state index is 0.0469. The van der Waals surface area contributed by atoms with Gasteiger partial charge in [-0.15, -0.1) is 0 Å². The lowest BCUT2D eigenvalue weighted by molar-refractivity contribution is -0.384. The van der Waals surface area contributed by atoms with Crippen LogP contribution in [0.25, 0.3) is 0 Å². The van der Waals surface area contributed by atoms with Crippen molar-refractivity contribution in [2.45, 2.75) is 6.42 Å². The van der Waals surface area contributed by atoms with Gasteiger partial charge in [-0.2, -0.15) is 4.37 Å². The number of carbonyl (C=O) groups excluding carboxylic acids is 1. The van der Waals surface area contributed by atoms with Gasteiger partial charge in [-0.3, -0.25) is 14.9 Å². The molecule has 0 aliphatic carbocycles. The zero-order valence-corrected chi connectivity index (χ0v) is 9.92. The number of nitro groups is 1. The van der Waals surface area contributed by atoms with Crippen LogP contribution in [-0.2, 0) is 11.2 Å². The SMILES string of the molecule is O=C(Cc1ccsn1)Oc1ccc([N+](=O)[O-])cc1. The third-order valence-electron chi connectivity index (χ3n) is 2.10. The van der Waals surface area contributed by atoms with Crippen LogP contribution in [0.15, 0.2) is 35.7 Å². The first-order valence-electron chi connectivity index (χ1n) is 4.99. The van der Waals surface area contributed by atoms with Gasteiger partial charge in [0.2, 0.25) is 0 Å². The maximum atomic E-state index is 11.5. The molecule has 1 aromatic carbocycles. The lowest BCUT2D eigenvalue weighted by atomic mass is 10.3. The maximum Gasteiger partial charge on any atom is 0.317 e. The van der Waals surface area contributed by atoms with Crippen LogP contribution in [-0.4, -0.2) is 15.3 Å². The highest BCUT2D eigenvalue weighted by Gasteiger charge is 2.09. The molecule has 0 fully saturated rings. The fourth-order valence-corrected chi connectivity index (χ4v) is 1.82. The Bertz CT molecular complexity index is 551. The second-order valence-corrected chi connectivity index (χ2v) is 4.06. The van der Waals surface area contributed by atoms with Crippen molar-refractivity contribution in [3.05, 3.63) is 51.5 Å². The molecular weight excluding hydrogens is 256 g/mol. The van der Waals surface area contributed by atoms with Crippen molar-refractivity contribution in [1.82, 2.24) is 4.37 Å². The van der Waals surface area contributed by atoms with Crippen LogP contribution < -0.4 is 4.74 Å². The number of rotatable bonds is 4. The zero-order chi connectivity index (χ0) is 13.0. The topological polar surface area (TPSA) is 82.3 Å². The van der Waals surface area contributed by atoms with Crippen LogP contribution in [0.5, 0.6) is 5.75 Å². The van der Waals surface area contributed by atoms with Gasteiger partial charge in [-0.1, -0.05) is 0 Å². The summed E-state index contributed by atoms with van der Waals surface area (Å²) < 4.78 is 9.01. The second-order valence-electron chi connectivity index (χ2n) is 3.39. The normalized spacial score (nSPS) is 10.0. The summed E-state index contributed by atoms with van der Waals surface area (Å²) in [7, 11) is 0. The molecule has 0 saturated heterocycles. The molecule has 92 valence electrons. The van der Waals surface area contributed by atoms with Crippen LogP contribution >= 0.6 is 11.5 Å². The average molecular weight is 264 g/mol. The van der Waals surface area contributed by atoms with Crippen LogP contribution in [0.3, 0.4) is 0 Å². The van der Waals surface area contributed by atoms with Gasteiger partial charge in [-0.25, -0.2) is 0 Å². The van der Waals surface area contributed by atoms with Crippen LogP contribution in [0, 0.1) is 10.1 Å². The molecule has 2 rings (SSSR count). The van der Waals surface area contributed by atoms with Crippen LogP contribution in [0.2, 0.25) is 0 Å². The Morgan fingerprint density at radius 3 is 2.61 bits per heavy atom. The molecule has 0 unspecified atom stereocenters. The number of non-ortho nitro benzene ring substituents is 1. The summed E-state index contributed by atoms with van der Waals surface area (Å²) in [5, 5.41) is 12.2. The average Bonchev–Trinajstić information content (AvgIpc) is 2.82. The fourth-order valence-electron chi connectivity index (χ4n) is 1.28. The summed E-state index contributed by atoms with van der Waals surface area (Å²) in [4.78, 5) is 21.4. The Kier molecular flexibility index (Phi) is 3.63. The summed E-state index contributed by atoms with van der Waals surface area (Å²) in [6.45, 7) is 0. The third kappa shape index (κ3) is 3.11. The molecule has 6 nitrogen and oxygen atoms in total. The third-order valence-corrected chi connectivity index (χ3v) is 2.69. The first kappa shape index (κ1) is 12.2. The monoisotopic (exact) mass is 264 g/mol. The van der Waals surface area contributed by atoms with Crippen molar-refractivity contribution < 1.29 is 14.5 Å². The molecule has 1 aromatic heterocycles. The van der Waals surface area contributed by atoms with E-state index in [2.05, 4.69) is 4.37 Å². The van der Waals surface area contributed by atoms with E-state index in [0.29, 0.717) is 5.69 Å². The Morgan fingerprint density at radius 1 is 1.33 bits per heavy atom. The summed E-state index contributed by atoms with van der Waals surface area (Å²) in [5.74, 6) is -0.171. The van der Waals surface area contributed by atoms with Crippen molar-refractivity contribution in [2.24, 2.45) is 0 Å². The number of carbonyl (C=O) groups is 1. The molecule has 7 heteroatoms. The summed E-state index contributed by atoms with van der Waals surface area (Å²) in [6.07, 6.45) is 0.0838. The van der Waals surface area contributed by atoms with Crippen molar-refractivity contribution in [3.63, 3.8) is 0 Å². The highest BCUT2D eigenvalue weighted by molar-refractivity contribution is 7.03. The summed E-state index contributed by atoms with van der Waals surface area (Å²) in [5.41, 5.74) is 0.598. The predicted octanol–water partition coefficient (Wildman–Crippen LogP) is 2.20. The van der Waals surface area contributed by atoms with E-state index in [9.17, 15) is 14.9 Å². The molecule has 0 N–H and O–H groups in total. The lowest BCUT2D eigenvalue weighted by Gasteiger charge is -2.02. The van der Waals surface area contributed by atoms with Crippen molar-refractivity contribution >= 4 is 23.2 Å². The molecule has 2 aromatic rings. The van der Waals surface area contributed by atoms with Gasteiger partial charge in [-0.05, 0) is 29.7 Å². The Labute approximate surface area is 106 Å². The molecule has 0 aliphatic rings. The Morgan fingerprint density at radius 2 is 2.06 bits per heavy atom. The maximum absolute atomic E-state index is 11.5. The Balaban J connectivity index is 1.97. The molecule has 0 aliphatic heterocycles. The number of hydrogen-bond donors (Lipinski definition) is 0. The summed E-state index contributed by atoms with van der Waals surface area (Å²) >= 11 is 1.26. The molecule has 18 heavy (non-hydrogen) atoms. The second kappa shape index (κ2) is 5.37. The number of benzene rings is 1. The lowest BCUT2D eigenvalue weighted by Crippen LogP contribution is -2.11. The fraction of sp³-hybridized carbons (Fsp3) is 0.0909. The van der Waals surface area contributed by atoms with Gasteiger partial charge in [0.05, 0.1) is 17.0 Å². The standard InChI is InChI=1S/C11H8N2O4S/c14-11(7-8-5-6-18-12-8)17-10-3-1-9(2-4-10)13(15)16/h1-6H,7H2. The van der Waals surface area contributed by atoms with Crippen molar-refractivity contribution in [1.29, 1.82) is 0 Å². The van der Waals surface area contributed by atoms with E-state index in [1.807, 2.05) is 0 Å². The quantitative estimate of drug-likeness (QED) is 0.366. The highest BCUT2D eigenvalue weighted by Crippen LogP contribution is 2.17. The van der Waals surface area contributed by atoms with Gasteiger partial charge in [0, 0.05) is 17.5 Å². The van der Waals surface area contributed by atoms with Crippen molar-refractivity contribution in [3.8, 4) is 5.75 Å².